The second-order valence-electron chi connectivity index (χ2n) is 2.33. The van der Waals surface area contributed by atoms with Gasteiger partial charge in [-0.3, -0.25) is 4.79 Å². The Morgan fingerprint density at radius 3 is 2.55 bits per heavy atom. The van der Waals surface area contributed by atoms with Crippen molar-refractivity contribution in [2.24, 2.45) is 5.73 Å². The minimum Gasteiger partial charge on any atom is -0.356 e. The van der Waals surface area contributed by atoms with Crippen molar-refractivity contribution in [2.75, 3.05) is 6.54 Å². The Bertz CT molecular complexity index is 130. The molecule has 3 nitrogen and oxygen atoms in total. The van der Waals surface area contributed by atoms with E-state index in [9.17, 15) is 4.79 Å². The number of carbonyl (C=O) groups excluding carboxylic acids is 1. The van der Waals surface area contributed by atoms with Gasteiger partial charge >= 0.3 is 0 Å². The second-order valence-corrected chi connectivity index (χ2v) is 3.59. The molecule has 0 radical (unpaired) electrons. The third-order valence-corrected chi connectivity index (χ3v) is 2.38. The molecule has 5 heteroatoms. The molecule has 3 N–H and O–H groups in total. The van der Waals surface area contributed by atoms with E-state index in [1.165, 1.54) is 6.92 Å². The summed E-state index contributed by atoms with van der Waals surface area (Å²) in [6, 6.07) is 0. The lowest BCUT2D eigenvalue weighted by molar-refractivity contribution is -0.118. The first-order valence-electron chi connectivity index (χ1n) is 3.40. The monoisotopic (exact) mass is 194 g/mol. The number of thiol groups is 2. The van der Waals surface area contributed by atoms with Crippen molar-refractivity contribution in [1.29, 1.82) is 0 Å². The highest BCUT2D eigenvalue weighted by molar-refractivity contribution is 7.85. The predicted molar refractivity (Wildman–Crippen MR) is 53.0 cm³/mol. The van der Waals surface area contributed by atoms with E-state index in [0.717, 1.165) is 6.42 Å². The Labute approximate surface area is 77.9 Å². The molecule has 0 fully saturated rings. The number of amides is 1. The molecule has 2 unspecified atom stereocenters. The smallest absolute Gasteiger partial charge is 0.216 e. The van der Waals surface area contributed by atoms with Crippen molar-refractivity contribution in [2.45, 2.75) is 24.0 Å². The summed E-state index contributed by atoms with van der Waals surface area (Å²) in [5.74, 6) is -0.0294. The van der Waals surface area contributed by atoms with E-state index in [1.54, 1.807) is 0 Å². The summed E-state index contributed by atoms with van der Waals surface area (Å²) in [6.07, 6.45) is 0.743. The first-order valence-corrected chi connectivity index (χ1v) is 4.43. The van der Waals surface area contributed by atoms with Crippen molar-refractivity contribution in [3.05, 3.63) is 0 Å². The fourth-order valence-electron chi connectivity index (χ4n) is 0.567. The summed E-state index contributed by atoms with van der Waals surface area (Å²) in [4.78, 5) is 10.4. The Morgan fingerprint density at radius 1 is 1.64 bits per heavy atom. The standard InChI is InChI=1S/C6H14N2OS2/c1-4(9)8-3-2-5(10)6(7)11/h5-6,10-11H,2-3,7H2,1H3,(H,8,9). The number of nitrogens with two attached hydrogens (primary N) is 1. The van der Waals surface area contributed by atoms with Gasteiger partial charge in [-0.05, 0) is 6.42 Å². The van der Waals surface area contributed by atoms with Crippen LogP contribution >= 0.6 is 25.3 Å². The lowest BCUT2D eigenvalue weighted by atomic mass is 10.3. The van der Waals surface area contributed by atoms with Crippen molar-refractivity contribution in [1.82, 2.24) is 5.32 Å². The van der Waals surface area contributed by atoms with Crippen LogP contribution in [0.2, 0.25) is 0 Å². The normalized spacial score (nSPS) is 15.6. The highest BCUT2D eigenvalue weighted by Crippen LogP contribution is 2.06. The van der Waals surface area contributed by atoms with Crippen molar-refractivity contribution >= 4 is 31.2 Å². The predicted octanol–water partition coefficient (Wildman–Crippen LogP) is 0.0256. The van der Waals surface area contributed by atoms with Gasteiger partial charge in [-0.25, -0.2) is 0 Å². The largest absolute Gasteiger partial charge is 0.356 e. The summed E-state index contributed by atoms with van der Waals surface area (Å²) in [6.45, 7) is 2.09. The van der Waals surface area contributed by atoms with Gasteiger partial charge < -0.3 is 11.1 Å². The quantitative estimate of drug-likeness (QED) is 0.377. The average Bonchev–Trinajstić information content (AvgIpc) is 1.86. The molecular weight excluding hydrogens is 180 g/mol. The number of carbonyl (C=O) groups is 1. The van der Waals surface area contributed by atoms with Gasteiger partial charge in [-0.2, -0.15) is 25.3 Å². The van der Waals surface area contributed by atoms with E-state index >= 15 is 0 Å². The van der Waals surface area contributed by atoms with Gasteiger partial charge in [0.15, 0.2) is 0 Å². The maximum Gasteiger partial charge on any atom is 0.216 e. The van der Waals surface area contributed by atoms with Crippen LogP contribution in [-0.2, 0) is 4.79 Å². The molecule has 0 aliphatic rings. The molecule has 0 spiro atoms. The van der Waals surface area contributed by atoms with Crippen molar-refractivity contribution < 1.29 is 4.79 Å². The average molecular weight is 194 g/mol. The molecule has 0 aromatic heterocycles. The van der Waals surface area contributed by atoms with Gasteiger partial charge in [0.2, 0.25) is 5.91 Å². The highest BCUT2D eigenvalue weighted by atomic mass is 32.1. The molecule has 0 heterocycles. The lowest BCUT2D eigenvalue weighted by Gasteiger charge is -2.13. The minimum absolute atomic E-state index is 0.0294. The molecule has 0 aliphatic heterocycles. The van der Waals surface area contributed by atoms with Crippen LogP contribution in [0.3, 0.4) is 0 Å². The molecule has 2 atom stereocenters. The van der Waals surface area contributed by atoms with Gasteiger partial charge in [0.1, 0.15) is 0 Å². The van der Waals surface area contributed by atoms with Crippen LogP contribution in [0.5, 0.6) is 0 Å². The molecule has 0 aromatic carbocycles. The topological polar surface area (TPSA) is 55.1 Å². The van der Waals surface area contributed by atoms with Gasteiger partial charge in [0, 0.05) is 18.7 Å². The molecule has 0 aliphatic carbocycles. The summed E-state index contributed by atoms with van der Waals surface area (Å²) >= 11 is 8.18. The van der Waals surface area contributed by atoms with E-state index in [2.05, 4.69) is 30.6 Å². The third kappa shape index (κ3) is 6.52. The van der Waals surface area contributed by atoms with Crippen LogP contribution in [-0.4, -0.2) is 23.1 Å². The van der Waals surface area contributed by atoms with E-state index in [0.29, 0.717) is 6.54 Å². The van der Waals surface area contributed by atoms with E-state index < -0.39 is 0 Å². The molecule has 11 heavy (non-hydrogen) atoms. The van der Waals surface area contributed by atoms with Gasteiger partial charge in [0.05, 0.1) is 5.37 Å². The summed E-state index contributed by atoms with van der Waals surface area (Å²) in [5, 5.41) is 2.46. The first kappa shape index (κ1) is 11.1. The van der Waals surface area contributed by atoms with Crippen LogP contribution in [0.4, 0.5) is 0 Å². The molecule has 1 amide bonds. The fraction of sp³-hybridized carbons (Fsp3) is 0.833. The molecule has 0 saturated carbocycles. The molecule has 0 rings (SSSR count). The van der Waals surface area contributed by atoms with Crippen molar-refractivity contribution in [3.8, 4) is 0 Å². The maximum absolute atomic E-state index is 10.4. The molecule has 0 aromatic rings. The maximum atomic E-state index is 10.4. The summed E-state index contributed by atoms with van der Waals surface area (Å²) < 4.78 is 0. The number of hydrogen-bond acceptors (Lipinski definition) is 4. The summed E-state index contributed by atoms with van der Waals surface area (Å²) in [5.41, 5.74) is 5.43. The van der Waals surface area contributed by atoms with Crippen LogP contribution < -0.4 is 11.1 Å². The number of rotatable bonds is 4. The van der Waals surface area contributed by atoms with E-state index in [1.807, 2.05) is 0 Å². The third-order valence-electron chi connectivity index (χ3n) is 1.21. The number of hydrogen-bond donors (Lipinski definition) is 4. The zero-order valence-corrected chi connectivity index (χ0v) is 8.24. The van der Waals surface area contributed by atoms with Crippen LogP contribution in [0.25, 0.3) is 0 Å². The van der Waals surface area contributed by atoms with Crippen LogP contribution in [0.15, 0.2) is 0 Å². The zero-order chi connectivity index (χ0) is 8.85. The Balaban J connectivity index is 3.31. The SMILES string of the molecule is CC(=O)NCCC(S)C(N)S. The van der Waals surface area contributed by atoms with E-state index in [-0.39, 0.29) is 16.5 Å². The molecule has 0 bridgehead atoms. The first-order chi connectivity index (χ1) is 5.04. The molecule has 66 valence electrons. The Kier molecular flexibility index (Phi) is 5.81. The highest BCUT2D eigenvalue weighted by Gasteiger charge is 2.08. The fourth-order valence-corrected chi connectivity index (χ4v) is 0.845. The minimum atomic E-state index is -0.230. The van der Waals surface area contributed by atoms with E-state index in [4.69, 9.17) is 5.73 Å². The van der Waals surface area contributed by atoms with Crippen molar-refractivity contribution in [3.63, 3.8) is 0 Å². The molecular formula is C6H14N2OS2. The van der Waals surface area contributed by atoms with Crippen LogP contribution in [0, 0.1) is 0 Å². The number of nitrogens with one attached hydrogen (secondary N) is 1. The van der Waals surface area contributed by atoms with Gasteiger partial charge in [0.25, 0.3) is 0 Å². The van der Waals surface area contributed by atoms with Gasteiger partial charge in [-0.15, -0.1) is 0 Å². The lowest BCUT2D eigenvalue weighted by Crippen LogP contribution is -2.30. The van der Waals surface area contributed by atoms with Crippen LogP contribution in [0.1, 0.15) is 13.3 Å². The zero-order valence-electron chi connectivity index (χ0n) is 6.45. The molecule has 0 saturated heterocycles. The summed E-state index contributed by atoms with van der Waals surface area (Å²) in [7, 11) is 0. The second kappa shape index (κ2) is 5.74. The van der Waals surface area contributed by atoms with Gasteiger partial charge in [-0.1, -0.05) is 0 Å². The Morgan fingerprint density at radius 2 is 2.18 bits per heavy atom. The Hall–Kier alpha value is 0.130.